The van der Waals surface area contributed by atoms with Crippen molar-refractivity contribution < 1.29 is 14.2 Å². The van der Waals surface area contributed by atoms with Crippen LogP contribution in [0, 0.1) is 11.8 Å². The van der Waals surface area contributed by atoms with Gasteiger partial charge in [0.2, 0.25) is 0 Å². The fraction of sp³-hybridized carbons (Fsp3) is 0.909. The van der Waals surface area contributed by atoms with Crippen LogP contribution in [0.5, 0.6) is 0 Å². The summed E-state index contributed by atoms with van der Waals surface area (Å²) < 4.78 is 17.7. The molecule has 2 fully saturated rings. The predicted octanol–water partition coefficient (Wildman–Crippen LogP) is 4.89. The van der Waals surface area contributed by atoms with E-state index in [1.165, 1.54) is 19.3 Å². The van der Waals surface area contributed by atoms with E-state index in [1.54, 1.807) is 7.11 Å². The van der Waals surface area contributed by atoms with Gasteiger partial charge in [0.1, 0.15) is 0 Å². The van der Waals surface area contributed by atoms with Crippen molar-refractivity contribution >= 4 is 0 Å². The molecule has 1 spiro atoms. The normalized spacial score (nSPS) is 28.4. The monoisotopic (exact) mass is 369 g/mol. The van der Waals surface area contributed by atoms with Crippen LogP contribution < -0.4 is 0 Å². The Bertz CT molecular complexity index is 364. The van der Waals surface area contributed by atoms with Crippen LogP contribution in [-0.2, 0) is 14.2 Å². The van der Waals surface area contributed by atoms with Crippen molar-refractivity contribution in [3.63, 3.8) is 0 Å². The second-order valence-corrected chi connectivity index (χ2v) is 7.91. The average molecular weight is 370 g/mol. The van der Waals surface area contributed by atoms with E-state index >= 15 is 0 Å². The number of rotatable bonds is 10. The highest BCUT2D eigenvalue weighted by molar-refractivity contribution is 4.86. The fourth-order valence-electron chi connectivity index (χ4n) is 4.06. The first-order valence-electron chi connectivity index (χ1n) is 10.7. The molecule has 1 aliphatic heterocycles. The van der Waals surface area contributed by atoms with Crippen molar-refractivity contribution in [1.29, 1.82) is 0 Å². The van der Waals surface area contributed by atoms with Crippen LogP contribution >= 0.6 is 0 Å². The standard InChI is InChI=1S/C20H37NO3.C2H6/c1-5-11-21(13-14-22-4)12-8-19-16-23-20(24-19)9-6-18(7-10-20)15-17(2)3;1-2/h5,17-19H,1,6-16H2,2-4H3;1-2H3. The van der Waals surface area contributed by atoms with Gasteiger partial charge in [-0.25, -0.2) is 0 Å². The topological polar surface area (TPSA) is 30.9 Å². The maximum Gasteiger partial charge on any atom is 0.168 e. The highest BCUT2D eigenvalue weighted by Crippen LogP contribution is 2.42. The molecule has 0 aromatic carbocycles. The van der Waals surface area contributed by atoms with Crippen LogP contribution in [-0.4, -0.2) is 56.7 Å². The zero-order valence-corrected chi connectivity index (χ0v) is 18.0. The number of methoxy groups -OCH3 is 1. The summed E-state index contributed by atoms with van der Waals surface area (Å²) >= 11 is 0. The molecule has 0 N–H and O–H groups in total. The van der Waals surface area contributed by atoms with E-state index < -0.39 is 0 Å². The first kappa shape index (κ1) is 23.6. The Hall–Kier alpha value is -0.420. The predicted molar refractivity (Wildman–Crippen MR) is 109 cm³/mol. The van der Waals surface area contributed by atoms with Gasteiger partial charge in [-0.2, -0.15) is 0 Å². The van der Waals surface area contributed by atoms with Crippen molar-refractivity contribution in [3.8, 4) is 0 Å². The van der Waals surface area contributed by atoms with Gasteiger partial charge in [0.25, 0.3) is 0 Å². The Balaban J connectivity index is 0.00000163. The Morgan fingerprint density at radius 3 is 2.50 bits per heavy atom. The van der Waals surface area contributed by atoms with Crippen LogP contribution in [0.15, 0.2) is 12.7 Å². The summed E-state index contributed by atoms with van der Waals surface area (Å²) in [6.45, 7) is 16.9. The van der Waals surface area contributed by atoms with Gasteiger partial charge in [0.15, 0.2) is 5.79 Å². The van der Waals surface area contributed by atoms with Crippen molar-refractivity contribution in [2.75, 3.05) is 40.0 Å². The zero-order valence-electron chi connectivity index (χ0n) is 18.0. The third-order valence-electron chi connectivity index (χ3n) is 5.35. The molecule has 1 saturated carbocycles. The van der Waals surface area contributed by atoms with E-state index in [9.17, 15) is 0 Å². The largest absolute Gasteiger partial charge is 0.383 e. The number of nitrogens with zero attached hydrogens (tertiary/aromatic N) is 1. The number of ether oxygens (including phenoxy) is 3. The Labute approximate surface area is 162 Å². The summed E-state index contributed by atoms with van der Waals surface area (Å²) in [5.74, 6) is 1.39. The Kier molecular flexibility index (Phi) is 11.7. The van der Waals surface area contributed by atoms with Gasteiger partial charge in [0.05, 0.1) is 19.3 Å². The summed E-state index contributed by atoms with van der Waals surface area (Å²) in [6.07, 6.45) is 9.20. The minimum Gasteiger partial charge on any atom is -0.383 e. The van der Waals surface area contributed by atoms with Crippen molar-refractivity contribution in [3.05, 3.63) is 12.7 Å². The molecule has 0 bridgehead atoms. The fourth-order valence-corrected chi connectivity index (χ4v) is 4.06. The van der Waals surface area contributed by atoms with Gasteiger partial charge in [-0.15, -0.1) is 6.58 Å². The molecular formula is C22H43NO3. The molecule has 4 heteroatoms. The molecule has 1 atom stereocenters. The molecule has 0 radical (unpaired) electrons. The summed E-state index contributed by atoms with van der Waals surface area (Å²) in [5, 5.41) is 0. The maximum absolute atomic E-state index is 6.37. The summed E-state index contributed by atoms with van der Waals surface area (Å²) in [5.41, 5.74) is 0. The van der Waals surface area contributed by atoms with Gasteiger partial charge in [0, 0.05) is 39.6 Å². The van der Waals surface area contributed by atoms with E-state index in [-0.39, 0.29) is 11.9 Å². The van der Waals surface area contributed by atoms with Gasteiger partial charge in [-0.05, 0) is 37.5 Å². The lowest BCUT2D eigenvalue weighted by Crippen LogP contribution is -2.36. The number of hydrogen-bond donors (Lipinski definition) is 0. The SMILES string of the molecule is C=CCN(CCOC)CCC1COC2(CCC(CC(C)C)CC2)O1.CC. The van der Waals surface area contributed by atoms with Gasteiger partial charge in [-0.1, -0.05) is 33.8 Å². The molecule has 4 nitrogen and oxygen atoms in total. The molecule has 0 aromatic heterocycles. The van der Waals surface area contributed by atoms with Crippen molar-refractivity contribution in [2.24, 2.45) is 11.8 Å². The molecule has 2 rings (SSSR count). The molecule has 26 heavy (non-hydrogen) atoms. The first-order valence-corrected chi connectivity index (χ1v) is 10.7. The minimum absolute atomic E-state index is 0.238. The van der Waals surface area contributed by atoms with Gasteiger partial charge < -0.3 is 14.2 Å². The lowest BCUT2D eigenvalue weighted by Gasteiger charge is -2.36. The van der Waals surface area contributed by atoms with Crippen molar-refractivity contribution in [2.45, 2.75) is 78.1 Å². The molecule has 0 amide bonds. The number of hydrogen-bond acceptors (Lipinski definition) is 4. The molecule has 1 unspecified atom stereocenters. The smallest absolute Gasteiger partial charge is 0.168 e. The molecule has 154 valence electrons. The Morgan fingerprint density at radius 2 is 1.92 bits per heavy atom. The maximum atomic E-state index is 6.37. The highest BCUT2D eigenvalue weighted by Gasteiger charge is 2.43. The molecular weight excluding hydrogens is 326 g/mol. The van der Waals surface area contributed by atoms with E-state index in [0.717, 1.165) is 63.9 Å². The second kappa shape index (κ2) is 12.9. The van der Waals surface area contributed by atoms with E-state index in [4.69, 9.17) is 14.2 Å². The molecule has 1 aliphatic carbocycles. The third-order valence-corrected chi connectivity index (χ3v) is 5.35. The summed E-state index contributed by atoms with van der Waals surface area (Å²) in [6, 6.07) is 0. The quantitative estimate of drug-likeness (QED) is 0.513. The zero-order chi connectivity index (χ0) is 19.4. The van der Waals surface area contributed by atoms with Crippen LogP contribution in [0.3, 0.4) is 0 Å². The molecule has 2 aliphatic rings. The highest BCUT2D eigenvalue weighted by atomic mass is 16.7. The van der Waals surface area contributed by atoms with Crippen LogP contribution in [0.4, 0.5) is 0 Å². The van der Waals surface area contributed by atoms with E-state index in [2.05, 4.69) is 25.3 Å². The molecule has 1 heterocycles. The van der Waals surface area contributed by atoms with Crippen LogP contribution in [0.25, 0.3) is 0 Å². The summed E-state index contributed by atoms with van der Waals surface area (Å²) in [7, 11) is 1.75. The Morgan fingerprint density at radius 1 is 1.23 bits per heavy atom. The lowest BCUT2D eigenvalue weighted by atomic mass is 9.81. The molecule has 0 aromatic rings. The van der Waals surface area contributed by atoms with Gasteiger partial charge >= 0.3 is 0 Å². The minimum atomic E-state index is -0.270. The van der Waals surface area contributed by atoms with E-state index in [0.29, 0.717) is 0 Å². The first-order chi connectivity index (χ1) is 12.6. The second-order valence-electron chi connectivity index (χ2n) is 7.91. The van der Waals surface area contributed by atoms with Crippen molar-refractivity contribution in [1.82, 2.24) is 4.90 Å². The van der Waals surface area contributed by atoms with Gasteiger partial charge in [-0.3, -0.25) is 4.90 Å². The van der Waals surface area contributed by atoms with Crippen LogP contribution in [0.2, 0.25) is 0 Å². The third kappa shape index (κ3) is 8.08. The lowest BCUT2D eigenvalue weighted by molar-refractivity contribution is -0.193. The molecule has 1 saturated heterocycles. The van der Waals surface area contributed by atoms with E-state index in [1.807, 2.05) is 19.9 Å². The van der Waals surface area contributed by atoms with Crippen LogP contribution in [0.1, 0.15) is 66.2 Å². The average Bonchev–Trinajstić information content (AvgIpc) is 3.04. The summed E-state index contributed by atoms with van der Waals surface area (Å²) in [4.78, 5) is 2.37.